The molecule has 0 bridgehead atoms. The highest BCUT2D eigenvalue weighted by atomic mass is 15.3. The van der Waals surface area contributed by atoms with E-state index in [1.54, 1.807) is 17.1 Å². The van der Waals surface area contributed by atoms with E-state index in [1.807, 2.05) is 20.3 Å². The fourth-order valence-electron chi connectivity index (χ4n) is 1.64. The first-order valence-electron chi connectivity index (χ1n) is 7.06. The van der Waals surface area contributed by atoms with Gasteiger partial charge in [-0.25, -0.2) is 4.98 Å². The number of anilines is 2. The van der Waals surface area contributed by atoms with Crippen LogP contribution in [0.2, 0.25) is 0 Å². The molecule has 0 aliphatic heterocycles. The molecule has 0 amide bonds. The Bertz CT molecular complexity index is 537. The zero-order chi connectivity index (χ0) is 15.1. The predicted molar refractivity (Wildman–Crippen MR) is 82.8 cm³/mol. The topological polar surface area (TPSA) is 83.8 Å². The monoisotopic (exact) mass is 290 g/mol. The largest absolute Gasteiger partial charge is 0.354 e. The smallest absolute Gasteiger partial charge is 0.241 e. The highest BCUT2D eigenvalue weighted by Crippen LogP contribution is 2.09. The lowest BCUT2D eigenvalue weighted by molar-refractivity contribution is 0.425. The molecule has 0 saturated heterocycles. The second-order valence-corrected chi connectivity index (χ2v) is 4.91. The van der Waals surface area contributed by atoms with E-state index < -0.39 is 0 Å². The Balaban J connectivity index is 2.16. The fourth-order valence-corrected chi connectivity index (χ4v) is 1.64. The zero-order valence-electron chi connectivity index (χ0n) is 12.7. The summed E-state index contributed by atoms with van der Waals surface area (Å²) in [4.78, 5) is 19.3. The number of nitrogens with zero attached hydrogens (tertiary/aromatic N) is 6. The number of hydrogen-bond donors (Lipinski definition) is 2. The van der Waals surface area contributed by atoms with Crippen molar-refractivity contribution < 1.29 is 0 Å². The molecule has 2 N–H and O–H groups in total. The first-order chi connectivity index (χ1) is 10.2. The average Bonchev–Trinajstić information content (AvgIpc) is 2.99. The molecule has 0 radical (unpaired) electrons. The standard InChI is InChI=1S/C13H22N8/c1-4-5-15-11-17-12(16-7-8-20(2)3)19-13(18-11)21-9-6-14-10-21/h6,9-10H,4-5,7-8H2,1-3H3,(H2,15,16,17,18,19). The molecular formula is C13H22N8. The van der Waals surface area contributed by atoms with Crippen LogP contribution in [0.15, 0.2) is 18.7 Å². The number of imidazole rings is 1. The van der Waals surface area contributed by atoms with Crippen molar-refractivity contribution in [1.82, 2.24) is 29.4 Å². The van der Waals surface area contributed by atoms with Gasteiger partial charge in [0.25, 0.3) is 0 Å². The fraction of sp³-hybridized carbons (Fsp3) is 0.538. The van der Waals surface area contributed by atoms with Crippen molar-refractivity contribution in [2.24, 2.45) is 0 Å². The van der Waals surface area contributed by atoms with E-state index in [2.05, 4.69) is 42.4 Å². The first kappa shape index (κ1) is 15.2. The van der Waals surface area contributed by atoms with Crippen molar-refractivity contribution in [3.8, 4) is 5.95 Å². The van der Waals surface area contributed by atoms with Crippen molar-refractivity contribution in [3.05, 3.63) is 18.7 Å². The molecule has 0 aliphatic rings. The molecule has 2 heterocycles. The van der Waals surface area contributed by atoms with Gasteiger partial charge in [0.2, 0.25) is 17.8 Å². The number of hydrogen-bond acceptors (Lipinski definition) is 7. The van der Waals surface area contributed by atoms with E-state index in [0.717, 1.165) is 26.1 Å². The number of likely N-dealkylation sites (N-methyl/N-ethyl adjacent to an activating group) is 1. The summed E-state index contributed by atoms with van der Waals surface area (Å²) in [6, 6.07) is 0. The summed E-state index contributed by atoms with van der Waals surface area (Å²) in [6.45, 7) is 4.60. The maximum absolute atomic E-state index is 4.41. The third kappa shape index (κ3) is 4.67. The molecule has 114 valence electrons. The normalized spacial score (nSPS) is 10.9. The molecule has 0 atom stereocenters. The van der Waals surface area contributed by atoms with Gasteiger partial charge in [0.05, 0.1) is 0 Å². The minimum atomic E-state index is 0.549. The Hall–Kier alpha value is -2.22. The highest BCUT2D eigenvalue weighted by molar-refractivity contribution is 5.37. The average molecular weight is 290 g/mol. The molecule has 0 unspecified atom stereocenters. The van der Waals surface area contributed by atoms with Crippen LogP contribution in [0, 0.1) is 0 Å². The van der Waals surface area contributed by atoms with E-state index in [0.29, 0.717) is 17.8 Å². The number of rotatable bonds is 8. The molecule has 8 nitrogen and oxygen atoms in total. The van der Waals surface area contributed by atoms with Gasteiger partial charge in [-0.05, 0) is 20.5 Å². The summed E-state index contributed by atoms with van der Waals surface area (Å²) in [5, 5.41) is 6.41. The highest BCUT2D eigenvalue weighted by Gasteiger charge is 2.07. The van der Waals surface area contributed by atoms with Gasteiger partial charge in [-0.15, -0.1) is 0 Å². The number of aromatic nitrogens is 5. The lowest BCUT2D eigenvalue weighted by Crippen LogP contribution is -2.22. The summed E-state index contributed by atoms with van der Waals surface area (Å²) in [7, 11) is 4.06. The van der Waals surface area contributed by atoms with Crippen molar-refractivity contribution in [3.63, 3.8) is 0 Å². The molecular weight excluding hydrogens is 268 g/mol. The van der Waals surface area contributed by atoms with E-state index >= 15 is 0 Å². The van der Waals surface area contributed by atoms with Crippen molar-refractivity contribution in [2.45, 2.75) is 13.3 Å². The van der Waals surface area contributed by atoms with Crippen LogP contribution in [0.3, 0.4) is 0 Å². The van der Waals surface area contributed by atoms with Gasteiger partial charge in [-0.3, -0.25) is 4.57 Å². The van der Waals surface area contributed by atoms with E-state index in [1.165, 1.54) is 0 Å². The summed E-state index contributed by atoms with van der Waals surface area (Å²) >= 11 is 0. The predicted octanol–water partition coefficient (Wildman–Crippen LogP) is 0.853. The molecule has 8 heteroatoms. The Kier molecular flexibility index (Phi) is 5.44. The molecule has 0 fully saturated rings. The van der Waals surface area contributed by atoms with Crippen molar-refractivity contribution in [2.75, 3.05) is 44.4 Å². The minimum Gasteiger partial charge on any atom is -0.354 e. The SMILES string of the molecule is CCCNc1nc(NCCN(C)C)nc(-n2ccnc2)n1. The van der Waals surface area contributed by atoms with Crippen molar-refractivity contribution in [1.29, 1.82) is 0 Å². The molecule has 2 rings (SSSR count). The quantitative estimate of drug-likeness (QED) is 0.745. The summed E-state index contributed by atoms with van der Waals surface area (Å²) < 4.78 is 1.76. The third-order valence-electron chi connectivity index (χ3n) is 2.73. The second kappa shape index (κ2) is 7.53. The van der Waals surface area contributed by atoms with Crippen LogP contribution in [0.25, 0.3) is 5.95 Å². The molecule has 0 aromatic carbocycles. The molecule has 0 aliphatic carbocycles. The van der Waals surface area contributed by atoms with Gasteiger partial charge in [0.1, 0.15) is 6.33 Å². The van der Waals surface area contributed by atoms with E-state index in [4.69, 9.17) is 0 Å². The Labute approximate surface area is 124 Å². The molecule has 0 saturated carbocycles. The van der Waals surface area contributed by atoms with Gasteiger partial charge < -0.3 is 15.5 Å². The molecule has 2 aromatic rings. The molecule has 21 heavy (non-hydrogen) atoms. The van der Waals surface area contributed by atoms with Gasteiger partial charge in [0.15, 0.2) is 0 Å². The first-order valence-corrected chi connectivity index (χ1v) is 7.06. The second-order valence-electron chi connectivity index (χ2n) is 4.91. The van der Waals surface area contributed by atoms with Crippen LogP contribution < -0.4 is 10.6 Å². The van der Waals surface area contributed by atoms with Gasteiger partial charge in [-0.2, -0.15) is 15.0 Å². The minimum absolute atomic E-state index is 0.549. The van der Waals surface area contributed by atoms with Crippen LogP contribution in [-0.4, -0.2) is 63.1 Å². The maximum atomic E-state index is 4.41. The third-order valence-corrected chi connectivity index (χ3v) is 2.73. The Morgan fingerprint density at radius 3 is 2.38 bits per heavy atom. The Morgan fingerprint density at radius 1 is 1.10 bits per heavy atom. The van der Waals surface area contributed by atoms with Crippen molar-refractivity contribution >= 4 is 11.9 Å². The van der Waals surface area contributed by atoms with Gasteiger partial charge in [-0.1, -0.05) is 6.92 Å². The lowest BCUT2D eigenvalue weighted by Gasteiger charge is -2.12. The number of nitrogens with one attached hydrogen (secondary N) is 2. The van der Waals surface area contributed by atoms with E-state index in [9.17, 15) is 0 Å². The maximum Gasteiger partial charge on any atom is 0.241 e. The van der Waals surface area contributed by atoms with E-state index in [-0.39, 0.29) is 0 Å². The summed E-state index contributed by atoms with van der Waals surface area (Å²) in [6.07, 6.45) is 6.18. The lowest BCUT2D eigenvalue weighted by atomic mass is 10.5. The Morgan fingerprint density at radius 2 is 1.81 bits per heavy atom. The van der Waals surface area contributed by atoms with Crippen LogP contribution in [-0.2, 0) is 0 Å². The van der Waals surface area contributed by atoms with Gasteiger partial charge >= 0.3 is 0 Å². The summed E-state index contributed by atoms with van der Waals surface area (Å²) in [5.74, 6) is 1.69. The van der Waals surface area contributed by atoms with Crippen LogP contribution >= 0.6 is 0 Å². The van der Waals surface area contributed by atoms with Crippen LogP contribution in [0.5, 0.6) is 0 Å². The van der Waals surface area contributed by atoms with Gasteiger partial charge in [0, 0.05) is 32.0 Å². The summed E-state index contributed by atoms with van der Waals surface area (Å²) in [5.41, 5.74) is 0. The zero-order valence-corrected chi connectivity index (χ0v) is 12.7. The molecule has 2 aromatic heterocycles. The van der Waals surface area contributed by atoms with Crippen LogP contribution in [0.1, 0.15) is 13.3 Å². The molecule has 0 spiro atoms. The van der Waals surface area contributed by atoms with Crippen LogP contribution in [0.4, 0.5) is 11.9 Å².